The fraction of sp³-hybridized carbons (Fsp3) is 0.300. The molecule has 3 aromatic rings. The van der Waals surface area contributed by atoms with E-state index < -0.39 is 11.9 Å². The van der Waals surface area contributed by atoms with E-state index in [9.17, 15) is 4.39 Å². The van der Waals surface area contributed by atoms with Crippen molar-refractivity contribution in [2.24, 2.45) is 5.73 Å². The smallest absolute Gasteiger partial charge is 0.165 e. The monoisotopic (exact) mass is 506 g/mol. The van der Waals surface area contributed by atoms with E-state index in [4.69, 9.17) is 38.8 Å². The van der Waals surface area contributed by atoms with Crippen molar-refractivity contribution in [3.8, 4) is 26.9 Å². The Bertz CT molecular complexity index is 1040. The fourth-order valence-corrected chi connectivity index (χ4v) is 3.98. The summed E-state index contributed by atoms with van der Waals surface area (Å²) in [5, 5.41) is 22.5. The Kier molecular flexibility index (Phi) is 9.29. The van der Waals surface area contributed by atoms with Gasteiger partial charge in [0.05, 0.1) is 28.4 Å². The van der Waals surface area contributed by atoms with Crippen molar-refractivity contribution in [2.45, 2.75) is 25.9 Å². The Morgan fingerprint density at radius 1 is 1.16 bits per heavy atom. The molecule has 0 amide bonds. The molecule has 1 atom stereocenters. The van der Waals surface area contributed by atoms with Gasteiger partial charge in [-0.25, -0.2) is 4.39 Å². The van der Waals surface area contributed by atoms with Crippen molar-refractivity contribution < 1.29 is 14.2 Å². The van der Waals surface area contributed by atoms with Crippen LogP contribution in [0.5, 0.6) is 5.75 Å². The van der Waals surface area contributed by atoms with Crippen molar-refractivity contribution in [3.63, 3.8) is 0 Å². The topological polar surface area (TPSA) is 93.3 Å². The molecule has 2 aromatic carbocycles. The first-order chi connectivity index (χ1) is 14.3. The molecular weight excluding hydrogens is 486 g/mol. The lowest BCUT2D eigenvalue weighted by Gasteiger charge is -2.12. The van der Waals surface area contributed by atoms with E-state index in [0.717, 1.165) is 11.3 Å². The van der Waals surface area contributed by atoms with Crippen LogP contribution in [-0.2, 0) is 0 Å². The normalized spacial score (nSPS) is 11.9. The maximum atomic E-state index is 14.4. The van der Waals surface area contributed by atoms with Gasteiger partial charge in [-0.2, -0.15) is 0 Å². The van der Waals surface area contributed by atoms with Crippen LogP contribution in [0, 0.1) is 5.82 Å². The average molecular weight is 508 g/mol. The highest BCUT2D eigenvalue weighted by molar-refractivity contribution is 7.18. The van der Waals surface area contributed by atoms with Crippen LogP contribution < -0.4 is 15.8 Å². The zero-order valence-electron chi connectivity index (χ0n) is 16.7. The summed E-state index contributed by atoms with van der Waals surface area (Å²) in [6.45, 7) is 3.76. The third kappa shape index (κ3) is 6.41. The number of nitrogens with two attached hydrogens (primary N) is 1. The zero-order valence-corrected chi connectivity index (χ0v) is 19.9. The number of rotatable bonds is 8. The van der Waals surface area contributed by atoms with Crippen molar-refractivity contribution in [3.05, 3.63) is 46.2 Å². The summed E-state index contributed by atoms with van der Waals surface area (Å²) in [7, 11) is 0. The number of hydrogen-bond donors (Lipinski definition) is 3. The molecule has 4 N–H and O–H groups in total. The molecule has 0 radical (unpaired) electrons. The summed E-state index contributed by atoms with van der Waals surface area (Å²) in [4.78, 5) is 0. The number of aromatic nitrogens is 2. The van der Waals surface area contributed by atoms with Gasteiger partial charge >= 0.3 is 0 Å². The summed E-state index contributed by atoms with van der Waals surface area (Å²) >= 11 is 13.9. The van der Waals surface area contributed by atoms with Gasteiger partial charge in [-0.05, 0) is 38.1 Å². The largest absolute Gasteiger partial charge is 0.489 e. The van der Waals surface area contributed by atoms with Crippen LogP contribution >= 0.6 is 46.9 Å². The Balaban J connectivity index is 0.00000341. The van der Waals surface area contributed by atoms with E-state index in [2.05, 4.69) is 15.5 Å². The third-order valence-corrected chi connectivity index (χ3v) is 5.66. The molecule has 1 aromatic heterocycles. The van der Waals surface area contributed by atoms with Gasteiger partial charge in [0, 0.05) is 23.2 Å². The van der Waals surface area contributed by atoms with E-state index >= 15 is 0 Å². The van der Waals surface area contributed by atoms with Crippen LogP contribution in [0.25, 0.3) is 21.1 Å². The van der Waals surface area contributed by atoms with Crippen molar-refractivity contribution in [2.75, 3.05) is 18.5 Å². The minimum absolute atomic E-state index is 0. The molecule has 168 valence electrons. The number of halogens is 4. The fourth-order valence-electron chi connectivity index (χ4n) is 2.58. The van der Waals surface area contributed by atoms with Gasteiger partial charge in [0.2, 0.25) is 0 Å². The molecule has 0 aliphatic rings. The van der Waals surface area contributed by atoms with Gasteiger partial charge in [0.15, 0.2) is 11.6 Å². The third-order valence-electron chi connectivity index (χ3n) is 4.02. The highest BCUT2D eigenvalue weighted by atomic mass is 35.5. The number of anilines is 1. The Morgan fingerprint density at radius 2 is 1.87 bits per heavy atom. The first-order valence-corrected chi connectivity index (χ1v) is 10.7. The molecule has 0 unspecified atom stereocenters. The molecule has 6 nitrogen and oxygen atoms in total. The molecule has 1 heterocycles. The number of aliphatic hydroxyl groups excluding tert-OH is 1. The maximum absolute atomic E-state index is 14.4. The lowest BCUT2D eigenvalue weighted by atomic mass is 10.2. The molecule has 0 fully saturated rings. The van der Waals surface area contributed by atoms with Crippen LogP contribution in [0.4, 0.5) is 10.1 Å². The Labute approximate surface area is 200 Å². The quantitative estimate of drug-likeness (QED) is 0.385. The first-order valence-electron chi connectivity index (χ1n) is 9.17. The van der Waals surface area contributed by atoms with E-state index in [1.807, 2.05) is 26.0 Å². The van der Waals surface area contributed by atoms with E-state index in [0.29, 0.717) is 20.6 Å². The summed E-state index contributed by atoms with van der Waals surface area (Å²) in [5.41, 5.74) is 7.61. The number of nitrogens with zero attached hydrogens (tertiary/aromatic N) is 2. The standard InChI is InChI=1S/C20H21Cl2FN4O2S.ClH/c1-10(2)25-17-4-3-11(5-15(17)22)19-26-27-20(30-19)13-6-16(23)18(7-14(13)21)29-9-12(24)8-28;/h3-7,10,12,25,28H,8-9,24H2,1-2H3;1H/t12-;/m1./s1. The summed E-state index contributed by atoms with van der Waals surface area (Å²) in [5.74, 6) is -0.652. The highest BCUT2D eigenvalue weighted by Crippen LogP contribution is 2.38. The van der Waals surface area contributed by atoms with Crippen LogP contribution in [-0.4, -0.2) is 40.6 Å². The minimum Gasteiger partial charge on any atom is -0.489 e. The molecule has 3 rings (SSSR count). The molecule has 0 spiro atoms. The maximum Gasteiger partial charge on any atom is 0.165 e. The second-order valence-electron chi connectivity index (χ2n) is 6.92. The van der Waals surface area contributed by atoms with Gasteiger partial charge in [0.25, 0.3) is 0 Å². The molecule has 0 saturated heterocycles. The van der Waals surface area contributed by atoms with Gasteiger partial charge < -0.3 is 20.9 Å². The summed E-state index contributed by atoms with van der Waals surface area (Å²) in [6, 6.07) is 7.84. The van der Waals surface area contributed by atoms with Crippen molar-refractivity contribution in [1.82, 2.24) is 10.2 Å². The lowest BCUT2D eigenvalue weighted by molar-refractivity contribution is 0.202. The van der Waals surface area contributed by atoms with E-state index in [1.165, 1.54) is 23.5 Å². The molecule has 31 heavy (non-hydrogen) atoms. The molecule has 0 bridgehead atoms. The molecule has 0 aliphatic heterocycles. The van der Waals surface area contributed by atoms with Gasteiger partial charge in [-0.15, -0.1) is 22.6 Å². The average Bonchev–Trinajstić information content (AvgIpc) is 3.19. The number of aliphatic hydroxyl groups is 1. The highest BCUT2D eigenvalue weighted by Gasteiger charge is 2.17. The predicted molar refractivity (Wildman–Crippen MR) is 127 cm³/mol. The van der Waals surface area contributed by atoms with Gasteiger partial charge in [0.1, 0.15) is 16.6 Å². The Hall–Kier alpha value is -1.68. The van der Waals surface area contributed by atoms with Crippen molar-refractivity contribution >= 4 is 52.6 Å². The SMILES string of the molecule is CC(C)Nc1ccc(-c2nnc(-c3cc(F)c(OC[C@H](N)CO)cc3Cl)s2)cc1Cl.Cl. The summed E-state index contributed by atoms with van der Waals surface area (Å²) < 4.78 is 19.7. The molecular formula is C20H22Cl3FN4O2S. The second-order valence-corrected chi connectivity index (χ2v) is 8.71. The van der Waals surface area contributed by atoms with E-state index in [-0.39, 0.29) is 42.4 Å². The first kappa shape index (κ1) is 25.6. The predicted octanol–water partition coefficient (Wildman–Crippen LogP) is 5.26. The van der Waals surface area contributed by atoms with Gasteiger partial charge in [-0.1, -0.05) is 34.5 Å². The number of hydrogen-bond acceptors (Lipinski definition) is 7. The molecule has 0 aliphatic carbocycles. The lowest BCUT2D eigenvalue weighted by Crippen LogP contribution is -2.31. The van der Waals surface area contributed by atoms with E-state index in [1.54, 1.807) is 6.07 Å². The van der Waals surface area contributed by atoms with Gasteiger partial charge in [-0.3, -0.25) is 0 Å². The number of nitrogens with one attached hydrogen (secondary N) is 1. The second kappa shape index (κ2) is 11.3. The van der Waals surface area contributed by atoms with Crippen LogP contribution in [0.15, 0.2) is 30.3 Å². The van der Waals surface area contributed by atoms with Crippen molar-refractivity contribution in [1.29, 1.82) is 0 Å². The minimum atomic E-state index is -0.609. The number of benzene rings is 2. The zero-order chi connectivity index (χ0) is 21.8. The van der Waals surface area contributed by atoms with Crippen LogP contribution in [0.3, 0.4) is 0 Å². The van der Waals surface area contributed by atoms with Crippen LogP contribution in [0.1, 0.15) is 13.8 Å². The van der Waals surface area contributed by atoms with Crippen LogP contribution in [0.2, 0.25) is 10.0 Å². The molecule has 11 heteroatoms. The Morgan fingerprint density at radius 3 is 2.52 bits per heavy atom. The summed E-state index contributed by atoms with van der Waals surface area (Å²) in [6.07, 6.45) is 0. The number of ether oxygens (including phenoxy) is 1. The molecule has 0 saturated carbocycles.